The third kappa shape index (κ3) is 3.06. The minimum atomic E-state index is 0.767. The summed E-state index contributed by atoms with van der Waals surface area (Å²) in [5, 5.41) is 4.16. The number of hydrogen-bond donors (Lipinski definition) is 1. The van der Waals surface area contributed by atoms with Gasteiger partial charge in [-0.15, -0.1) is 0 Å². The molecular weight excluding hydrogens is 310 g/mol. The minimum Gasteiger partial charge on any atom is -0.380 e. The highest BCUT2D eigenvalue weighted by Gasteiger charge is 2.03. The monoisotopic (exact) mass is 323 g/mol. The Balaban J connectivity index is 2.14. The van der Waals surface area contributed by atoms with Crippen molar-refractivity contribution in [1.82, 2.24) is 0 Å². The van der Waals surface area contributed by atoms with E-state index in [9.17, 15) is 0 Å². The quantitative estimate of drug-likeness (QED) is 0.804. The lowest BCUT2D eigenvalue weighted by atomic mass is 10.1. The maximum atomic E-state index is 6.18. The number of rotatable bonds is 3. The molecule has 18 heavy (non-hydrogen) atoms. The van der Waals surface area contributed by atoms with Gasteiger partial charge in [-0.2, -0.15) is 0 Å². The first-order chi connectivity index (χ1) is 8.58. The Morgan fingerprint density at radius 2 is 1.89 bits per heavy atom. The number of aryl methyl sites for hydroxylation is 2. The first-order valence-electron chi connectivity index (χ1n) is 5.82. The fourth-order valence-corrected chi connectivity index (χ4v) is 2.40. The molecule has 0 saturated carbocycles. The smallest absolute Gasteiger partial charge is 0.0640 e. The summed E-state index contributed by atoms with van der Waals surface area (Å²) in [6.45, 7) is 4.92. The van der Waals surface area contributed by atoms with Gasteiger partial charge >= 0.3 is 0 Å². The Bertz CT molecular complexity index is 546. The highest BCUT2D eigenvalue weighted by molar-refractivity contribution is 9.10. The van der Waals surface area contributed by atoms with Gasteiger partial charge in [0.15, 0.2) is 0 Å². The van der Waals surface area contributed by atoms with E-state index in [-0.39, 0.29) is 0 Å². The zero-order valence-electron chi connectivity index (χ0n) is 10.4. The van der Waals surface area contributed by atoms with Gasteiger partial charge in [0.05, 0.1) is 10.7 Å². The molecule has 0 aliphatic heterocycles. The Morgan fingerprint density at radius 3 is 2.56 bits per heavy atom. The van der Waals surface area contributed by atoms with E-state index in [1.807, 2.05) is 12.1 Å². The second-order valence-corrected chi connectivity index (χ2v) is 5.63. The molecule has 0 saturated heterocycles. The molecule has 1 nitrogen and oxygen atoms in total. The summed E-state index contributed by atoms with van der Waals surface area (Å²) in [5.41, 5.74) is 4.66. The van der Waals surface area contributed by atoms with E-state index in [4.69, 9.17) is 11.6 Å². The molecule has 0 aromatic heterocycles. The first kappa shape index (κ1) is 13.4. The molecule has 0 radical (unpaired) electrons. The van der Waals surface area contributed by atoms with Crippen molar-refractivity contribution < 1.29 is 0 Å². The SMILES string of the molecule is Cc1cc(CNc2c(C)cccc2Cl)ccc1Br. The van der Waals surface area contributed by atoms with Crippen LogP contribution in [0.15, 0.2) is 40.9 Å². The van der Waals surface area contributed by atoms with Gasteiger partial charge in [0.25, 0.3) is 0 Å². The fraction of sp³-hybridized carbons (Fsp3) is 0.200. The number of benzene rings is 2. The van der Waals surface area contributed by atoms with Gasteiger partial charge in [0.2, 0.25) is 0 Å². The molecule has 0 amide bonds. The van der Waals surface area contributed by atoms with Crippen LogP contribution in [0, 0.1) is 13.8 Å². The molecule has 0 spiro atoms. The predicted molar refractivity (Wildman–Crippen MR) is 82.4 cm³/mol. The summed E-state index contributed by atoms with van der Waals surface area (Å²) in [5.74, 6) is 0. The van der Waals surface area contributed by atoms with Crippen LogP contribution < -0.4 is 5.32 Å². The van der Waals surface area contributed by atoms with Gasteiger partial charge in [0, 0.05) is 11.0 Å². The van der Waals surface area contributed by atoms with Crippen molar-refractivity contribution in [1.29, 1.82) is 0 Å². The Labute approximate surface area is 121 Å². The third-order valence-electron chi connectivity index (χ3n) is 2.91. The van der Waals surface area contributed by atoms with Crippen LogP contribution in [-0.4, -0.2) is 0 Å². The summed E-state index contributed by atoms with van der Waals surface area (Å²) in [7, 11) is 0. The summed E-state index contributed by atoms with van der Waals surface area (Å²) in [6.07, 6.45) is 0. The maximum absolute atomic E-state index is 6.18. The minimum absolute atomic E-state index is 0.767. The molecule has 1 N–H and O–H groups in total. The van der Waals surface area contributed by atoms with Crippen molar-refractivity contribution in [3.63, 3.8) is 0 Å². The van der Waals surface area contributed by atoms with Gasteiger partial charge in [-0.05, 0) is 42.7 Å². The van der Waals surface area contributed by atoms with Crippen LogP contribution in [0.5, 0.6) is 0 Å². The van der Waals surface area contributed by atoms with Crippen LogP contribution in [0.25, 0.3) is 0 Å². The summed E-state index contributed by atoms with van der Waals surface area (Å²) < 4.78 is 1.14. The molecule has 0 aliphatic rings. The van der Waals surface area contributed by atoms with Gasteiger partial charge in [-0.25, -0.2) is 0 Å². The standard InChI is InChI=1S/C15H15BrClN/c1-10-4-3-5-14(17)15(10)18-9-12-6-7-13(16)11(2)8-12/h3-8,18H,9H2,1-2H3. The van der Waals surface area contributed by atoms with E-state index in [0.29, 0.717) is 0 Å². The van der Waals surface area contributed by atoms with Crippen molar-refractivity contribution in [3.05, 3.63) is 62.6 Å². The van der Waals surface area contributed by atoms with Gasteiger partial charge in [-0.3, -0.25) is 0 Å². The summed E-state index contributed by atoms with van der Waals surface area (Å²) in [4.78, 5) is 0. The van der Waals surface area contributed by atoms with Crippen molar-refractivity contribution in [3.8, 4) is 0 Å². The van der Waals surface area contributed by atoms with E-state index < -0.39 is 0 Å². The molecule has 0 atom stereocenters. The van der Waals surface area contributed by atoms with Gasteiger partial charge in [-0.1, -0.05) is 51.8 Å². The molecule has 0 aliphatic carbocycles. The molecule has 3 heteroatoms. The lowest BCUT2D eigenvalue weighted by Crippen LogP contribution is -2.02. The maximum Gasteiger partial charge on any atom is 0.0640 e. The first-order valence-corrected chi connectivity index (χ1v) is 6.99. The number of nitrogens with one attached hydrogen (secondary N) is 1. The second kappa shape index (κ2) is 5.77. The second-order valence-electron chi connectivity index (χ2n) is 4.37. The molecule has 0 bridgehead atoms. The summed E-state index contributed by atoms with van der Waals surface area (Å²) in [6, 6.07) is 12.3. The van der Waals surface area contributed by atoms with Crippen LogP contribution in [0.3, 0.4) is 0 Å². The topological polar surface area (TPSA) is 12.0 Å². The predicted octanol–water partition coefficient (Wildman–Crippen LogP) is 5.33. The molecule has 0 unspecified atom stereocenters. The number of halogens is 2. The molecule has 2 aromatic rings. The van der Waals surface area contributed by atoms with Crippen molar-refractivity contribution in [2.75, 3.05) is 5.32 Å². The highest BCUT2D eigenvalue weighted by Crippen LogP contribution is 2.26. The van der Waals surface area contributed by atoms with E-state index >= 15 is 0 Å². The summed E-state index contributed by atoms with van der Waals surface area (Å²) >= 11 is 9.69. The average molecular weight is 325 g/mol. The normalized spacial score (nSPS) is 10.4. The third-order valence-corrected chi connectivity index (χ3v) is 4.12. The Morgan fingerprint density at radius 1 is 1.11 bits per heavy atom. The zero-order valence-corrected chi connectivity index (χ0v) is 12.8. The Kier molecular flexibility index (Phi) is 4.31. The van der Waals surface area contributed by atoms with Gasteiger partial charge in [0.1, 0.15) is 0 Å². The average Bonchev–Trinajstić information content (AvgIpc) is 2.33. The van der Waals surface area contributed by atoms with E-state index in [1.54, 1.807) is 0 Å². The van der Waals surface area contributed by atoms with Crippen LogP contribution in [0.2, 0.25) is 5.02 Å². The van der Waals surface area contributed by atoms with Crippen molar-refractivity contribution >= 4 is 33.2 Å². The van der Waals surface area contributed by atoms with Crippen LogP contribution >= 0.6 is 27.5 Å². The largest absolute Gasteiger partial charge is 0.380 e. The number of anilines is 1. The molecule has 0 fully saturated rings. The van der Waals surface area contributed by atoms with Crippen LogP contribution in [0.1, 0.15) is 16.7 Å². The van der Waals surface area contributed by atoms with Crippen molar-refractivity contribution in [2.24, 2.45) is 0 Å². The van der Waals surface area contributed by atoms with E-state index in [0.717, 1.165) is 27.3 Å². The van der Waals surface area contributed by atoms with Crippen LogP contribution in [0.4, 0.5) is 5.69 Å². The van der Waals surface area contributed by atoms with Gasteiger partial charge < -0.3 is 5.32 Å². The molecule has 0 heterocycles. The number of hydrogen-bond acceptors (Lipinski definition) is 1. The Hall–Kier alpha value is -0.990. The lowest BCUT2D eigenvalue weighted by Gasteiger charge is -2.12. The zero-order chi connectivity index (χ0) is 13.1. The van der Waals surface area contributed by atoms with Crippen molar-refractivity contribution in [2.45, 2.75) is 20.4 Å². The molecule has 2 aromatic carbocycles. The molecule has 94 valence electrons. The fourth-order valence-electron chi connectivity index (χ4n) is 1.86. The van der Waals surface area contributed by atoms with Crippen LogP contribution in [-0.2, 0) is 6.54 Å². The molecule has 2 rings (SSSR count). The highest BCUT2D eigenvalue weighted by atomic mass is 79.9. The van der Waals surface area contributed by atoms with E-state index in [1.165, 1.54) is 11.1 Å². The molecular formula is C15H15BrClN. The van der Waals surface area contributed by atoms with E-state index in [2.05, 4.69) is 59.4 Å². The lowest BCUT2D eigenvalue weighted by molar-refractivity contribution is 1.13. The number of para-hydroxylation sites is 1.